The Labute approximate surface area is 87.7 Å². The highest BCUT2D eigenvalue weighted by molar-refractivity contribution is 5.22. The smallest absolute Gasteiger partial charge is 0.131 e. The molecule has 0 aliphatic heterocycles. The molecule has 1 aromatic carbocycles. The summed E-state index contributed by atoms with van der Waals surface area (Å²) in [6, 6.07) is 3.70. The fourth-order valence-electron chi connectivity index (χ4n) is 2.30. The molecule has 15 heavy (non-hydrogen) atoms. The first-order valence-corrected chi connectivity index (χ1v) is 5.32. The van der Waals surface area contributed by atoms with Crippen molar-refractivity contribution in [1.29, 1.82) is 0 Å². The van der Waals surface area contributed by atoms with Crippen LogP contribution >= 0.6 is 0 Å². The van der Waals surface area contributed by atoms with Crippen molar-refractivity contribution in [2.75, 3.05) is 0 Å². The van der Waals surface area contributed by atoms with E-state index in [1.807, 2.05) is 0 Å². The van der Waals surface area contributed by atoms with Gasteiger partial charge in [-0.05, 0) is 30.9 Å². The molecule has 1 aliphatic carbocycles. The van der Waals surface area contributed by atoms with Crippen LogP contribution < -0.4 is 0 Å². The number of benzene rings is 1. The first kappa shape index (κ1) is 10.6. The fraction of sp³-hybridized carbons (Fsp3) is 0.500. The Hall–Kier alpha value is -0.960. The van der Waals surface area contributed by atoms with E-state index < -0.39 is 17.7 Å². The Balaban J connectivity index is 2.27. The molecule has 82 valence electrons. The Kier molecular flexibility index (Phi) is 3.00. The summed E-state index contributed by atoms with van der Waals surface area (Å²) in [4.78, 5) is 0. The summed E-state index contributed by atoms with van der Waals surface area (Å²) in [5, 5.41) is 9.90. The first-order valence-electron chi connectivity index (χ1n) is 5.32. The quantitative estimate of drug-likeness (QED) is 0.798. The standard InChI is InChI=1S/C12H14F2O/c13-9-6-3-7-10(14)11(9)12(15)8-4-1-2-5-8/h3,6-8,12,15H,1-2,4-5H2/t12-/m0/s1. The summed E-state index contributed by atoms with van der Waals surface area (Å²) in [7, 11) is 0. The lowest BCUT2D eigenvalue weighted by Crippen LogP contribution is -2.12. The van der Waals surface area contributed by atoms with Crippen LogP contribution in [0.4, 0.5) is 8.78 Å². The van der Waals surface area contributed by atoms with E-state index in [9.17, 15) is 13.9 Å². The van der Waals surface area contributed by atoms with Crippen LogP contribution in [0.1, 0.15) is 37.4 Å². The molecule has 1 aliphatic rings. The topological polar surface area (TPSA) is 20.2 Å². The third-order valence-corrected chi connectivity index (χ3v) is 3.14. The number of rotatable bonds is 2. The first-order chi connectivity index (χ1) is 7.20. The highest BCUT2D eigenvalue weighted by atomic mass is 19.1. The van der Waals surface area contributed by atoms with Gasteiger partial charge in [0.1, 0.15) is 11.6 Å². The molecule has 1 nitrogen and oxygen atoms in total. The molecule has 1 atom stereocenters. The highest BCUT2D eigenvalue weighted by Crippen LogP contribution is 2.37. The van der Waals surface area contributed by atoms with Crippen LogP contribution in [-0.2, 0) is 0 Å². The van der Waals surface area contributed by atoms with Crippen molar-refractivity contribution in [3.8, 4) is 0 Å². The summed E-state index contributed by atoms with van der Waals surface area (Å²) in [5.41, 5.74) is -0.163. The van der Waals surface area contributed by atoms with Gasteiger partial charge in [-0.1, -0.05) is 18.9 Å². The van der Waals surface area contributed by atoms with Gasteiger partial charge in [-0.25, -0.2) is 8.78 Å². The van der Waals surface area contributed by atoms with Crippen molar-refractivity contribution < 1.29 is 13.9 Å². The summed E-state index contributed by atoms with van der Waals surface area (Å²) in [6.07, 6.45) is 2.80. The minimum Gasteiger partial charge on any atom is -0.388 e. The minimum absolute atomic E-state index is 0.0106. The molecule has 0 aromatic heterocycles. The van der Waals surface area contributed by atoms with Gasteiger partial charge in [0.05, 0.1) is 11.7 Å². The molecule has 0 amide bonds. The van der Waals surface area contributed by atoms with Crippen molar-refractivity contribution in [3.63, 3.8) is 0 Å². The van der Waals surface area contributed by atoms with Crippen LogP contribution in [0.2, 0.25) is 0 Å². The molecule has 1 fully saturated rings. The maximum atomic E-state index is 13.4. The Morgan fingerprint density at radius 1 is 1.13 bits per heavy atom. The monoisotopic (exact) mass is 212 g/mol. The maximum Gasteiger partial charge on any atom is 0.131 e. The van der Waals surface area contributed by atoms with E-state index in [0.717, 1.165) is 25.7 Å². The maximum absolute atomic E-state index is 13.4. The van der Waals surface area contributed by atoms with Crippen molar-refractivity contribution >= 4 is 0 Å². The molecular formula is C12H14F2O. The van der Waals surface area contributed by atoms with E-state index in [1.54, 1.807) is 0 Å². The minimum atomic E-state index is -0.992. The van der Waals surface area contributed by atoms with Crippen molar-refractivity contribution in [3.05, 3.63) is 35.4 Å². The van der Waals surface area contributed by atoms with E-state index in [0.29, 0.717) is 0 Å². The fourth-order valence-corrected chi connectivity index (χ4v) is 2.30. The van der Waals surface area contributed by atoms with Crippen LogP contribution in [0.15, 0.2) is 18.2 Å². The van der Waals surface area contributed by atoms with Gasteiger partial charge in [0.25, 0.3) is 0 Å². The van der Waals surface area contributed by atoms with Gasteiger partial charge in [0.15, 0.2) is 0 Å². The molecule has 2 rings (SSSR count). The second kappa shape index (κ2) is 4.27. The number of hydrogen-bond donors (Lipinski definition) is 1. The molecule has 0 radical (unpaired) electrons. The normalized spacial score (nSPS) is 19.4. The molecule has 1 N–H and O–H groups in total. The Morgan fingerprint density at radius 2 is 1.67 bits per heavy atom. The average molecular weight is 212 g/mol. The van der Waals surface area contributed by atoms with Gasteiger partial charge in [-0.15, -0.1) is 0 Å². The van der Waals surface area contributed by atoms with Gasteiger partial charge in [-0.2, -0.15) is 0 Å². The Morgan fingerprint density at radius 3 is 2.20 bits per heavy atom. The summed E-state index contributed by atoms with van der Waals surface area (Å²) in [5.74, 6) is -1.28. The van der Waals surface area contributed by atoms with E-state index in [1.165, 1.54) is 18.2 Å². The number of halogens is 2. The molecule has 0 unspecified atom stereocenters. The molecule has 1 saturated carbocycles. The van der Waals surface area contributed by atoms with Gasteiger partial charge in [0.2, 0.25) is 0 Å². The average Bonchev–Trinajstić information content (AvgIpc) is 2.69. The van der Waals surface area contributed by atoms with Crippen molar-refractivity contribution in [1.82, 2.24) is 0 Å². The van der Waals surface area contributed by atoms with Gasteiger partial charge in [0, 0.05) is 0 Å². The zero-order valence-corrected chi connectivity index (χ0v) is 8.42. The lowest BCUT2D eigenvalue weighted by atomic mass is 9.94. The SMILES string of the molecule is O[C@H](c1c(F)cccc1F)C1CCCC1. The molecule has 1 aromatic rings. The van der Waals surface area contributed by atoms with Crippen LogP contribution in [0.25, 0.3) is 0 Å². The number of aliphatic hydroxyl groups is 1. The van der Waals surface area contributed by atoms with E-state index in [4.69, 9.17) is 0 Å². The summed E-state index contributed by atoms with van der Waals surface area (Å²) < 4.78 is 26.7. The number of aliphatic hydroxyl groups excluding tert-OH is 1. The second-order valence-corrected chi connectivity index (χ2v) is 4.12. The van der Waals surface area contributed by atoms with Crippen molar-refractivity contribution in [2.45, 2.75) is 31.8 Å². The van der Waals surface area contributed by atoms with Crippen LogP contribution in [-0.4, -0.2) is 5.11 Å². The van der Waals surface area contributed by atoms with E-state index >= 15 is 0 Å². The third kappa shape index (κ3) is 2.02. The van der Waals surface area contributed by atoms with Gasteiger partial charge < -0.3 is 5.11 Å². The summed E-state index contributed by atoms with van der Waals surface area (Å²) in [6.45, 7) is 0. The van der Waals surface area contributed by atoms with Crippen LogP contribution in [0.5, 0.6) is 0 Å². The number of hydrogen-bond acceptors (Lipinski definition) is 1. The molecular weight excluding hydrogens is 198 g/mol. The Bertz CT molecular complexity index is 325. The van der Waals surface area contributed by atoms with Crippen molar-refractivity contribution in [2.24, 2.45) is 5.92 Å². The van der Waals surface area contributed by atoms with Crippen LogP contribution in [0.3, 0.4) is 0 Å². The second-order valence-electron chi connectivity index (χ2n) is 4.12. The van der Waals surface area contributed by atoms with Gasteiger partial charge in [-0.3, -0.25) is 0 Å². The molecule has 0 bridgehead atoms. The molecule has 3 heteroatoms. The predicted molar refractivity (Wildman–Crippen MR) is 53.3 cm³/mol. The predicted octanol–water partition coefficient (Wildman–Crippen LogP) is 3.19. The van der Waals surface area contributed by atoms with E-state index in [-0.39, 0.29) is 11.5 Å². The zero-order valence-electron chi connectivity index (χ0n) is 8.42. The summed E-state index contributed by atoms with van der Waals surface area (Å²) >= 11 is 0. The lowest BCUT2D eigenvalue weighted by Gasteiger charge is -2.18. The molecule has 0 heterocycles. The van der Waals surface area contributed by atoms with Gasteiger partial charge >= 0.3 is 0 Å². The largest absolute Gasteiger partial charge is 0.388 e. The van der Waals surface area contributed by atoms with Crippen LogP contribution in [0, 0.1) is 17.6 Å². The highest BCUT2D eigenvalue weighted by Gasteiger charge is 2.28. The zero-order chi connectivity index (χ0) is 10.8. The van der Waals surface area contributed by atoms with E-state index in [2.05, 4.69) is 0 Å². The molecule has 0 spiro atoms. The third-order valence-electron chi connectivity index (χ3n) is 3.14. The lowest BCUT2D eigenvalue weighted by molar-refractivity contribution is 0.104. The molecule has 0 saturated heterocycles.